The molecule has 0 atom stereocenters. The van der Waals surface area contributed by atoms with E-state index in [-0.39, 0.29) is 17.4 Å². The third kappa shape index (κ3) is 3.40. The highest BCUT2D eigenvalue weighted by Crippen LogP contribution is 2.32. The SMILES string of the molecule is Nc1nc(Nc2ccc(F)cc2Br)sc1C(=O)c1ccccc1. The highest BCUT2D eigenvalue weighted by molar-refractivity contribution is 9.10. The number of nitrogen functional groups attached to an aromatic ring is 1. The fourth-order valence-corrected chi connectivity index (χ4v) is 3.28. The summed E-state index contributed by atoms with van der Waals surface area (Å²) in [7, 11) is 0. The van der Waals surface area contributed by atoms with Gasteiger partial charge in [0.2, 0.25) is 5.78 Å². The number of nitrogens with one attached hydrogen (secondary N) is 1. The summed E-state index contributed by atoms with van der Waals surface area (Å²) in [5, 5.41) is 3.50. The van der Waals surface area contributed by atoms with Gasteiger partial charge in [0.25, 0.3) is 0 Å². The van der Waals surface area contributed by atoms with Crippen molar-refractivity contribution < 1.29 is 9.18 Å². The number of carbonyl (C=O) groups excluding carboxylic acids is 1. The van der Waals surface area contributed by atoms with Gasteiger partial charge < -0.3 is 11.1 Å². The lowest BCUT2D eigenvalue weighted by molar-refractivity contribution is 0.104. The molecule has 0 saturated carbocycles. The lowest BCUT2D eigenvalue weighted by Crippen LogP contribution is -2.02. The number of nitrogens with two attached hydrogens (primary N) is 1. The molecule has 7 heteroatoms. The summed E-state index contributed by atoms with van der Waals surface area (Å²) in [5.41, 5.74) is 7.05. The fraction of sp³-hybridized carbons (Fsp3) is 0. The minimum atomic E-state index is -0.346. The number of halogens is 2. The number of carbonyl (C=O) groups is 1. The lowest BCUT2D eigenvalue weighted by atomic mass is 10.1. The second-order valence-electron chi connectivity index (χ2n) is 4.68. The molecule has 0 radical (unpaired) electrons. The first-order valence-electron chi connectivity index (χ1n) is 6.62. The van der Waals surface area contributed by atoms with Crippen molar-refractivity contribution in [3.63, 3.8) is 0 Å². The predicted octanol–water partition coefficient (Wildman–Crippen LogP) is 4.60. The molecule has 0 unspecified atom stereocenters. The molecule has 116 valence electrons. The highest BCUT2D eigenvalue weighted by Gasteiger charge is 2.18. The number of thiazole rings is 1. The second kappa shape index (κ2) is 6.47. The zero-order valence-electron chi connectivity index (χ0n) is 11.7. The number of rotatable bonds is 4. The molecule has 4 nitrogen and oxygen atoms in total. The van der Waals surface area contributed by atoms with Crippen molar-refractivity contribution in [2.75, 3.05) is 11.1 Å². The number of anilines is 3. The molecule has 0 aliphatic carbocycles. The van der Waals surface area contributed by atoms with Crippen LogP contribution < -0.4 is 11.1 Å². The maximum atomic E-state index is 13.1. The van der Waals surface area contributed by atoms with Gasteiger partial charge in [-0.05, 0) is 34.1 Å². The third-order valence-corrected chi connectivity index (χ3v) is 4.71. The van der Waals surface area contributed by atoms with Crippen LogP contribution in [-0.2, 0) is 0 Å². The van der Waals surface area contributed by atoms with E-state index in [1.165, 1.54) is 12.1 Å². The van der Waals surface area contributed by atoms with Crippen molar-refractivity contribution in [1.82, 2.24) is 4.98 Å². The van der Waals surface area contributed by atoms with Crippen LogP contribution >= 0.6 is 27.3 Å². The molecule has 3 rings (SSSR count). The Morgan fingerprint density at radius 3 is 2.65 bits per heavy atom. The van der Waals surface area contributed by atoms with E-state index in [9.17, 15) is 9.18 Å². The quantitative estimate of drug-likeness (QED) is 0.637. The molecule has 0 bridgehead atoms. The number of hydrogen-bond acceptors (Lipinski definition) is 5. The Labute approximate surface area is 144 Å². The fourth-order valence-electron chi connectivity index (χ4n) is 1.97. The van der Waals surface area contributed by atoms with Gasteiger partial charge in [-0.3, -0.25) is 4.79 Å². The van der Waals surface area contributed by atoms with E-state index in [4.69, 9.17) is 5.73 Å². The Hall–Kier alpha value is -2.25. The molecule has 0 aliphatic heterocycles. The zero-order chi connectivity index (χ0) is 16.4. The molecule has 0 spiro atoms. The van der Waals surface area contributed by atoms with Crippen molar-refractivity contribution in [2.24, 2.45) is 0 Å². The average molecular weight is 392 g/mol. The molecule has 0 saturated heterocycles. The van der Waals surface area contributed by atoms with Crippen LogP contribution in [-0.4, -0.2) is 10.8 Å². The van der Waals surface area contributed by atoms with Gasteiger partial charge in [0.15, 0.2) is 5.13 Å². The summed E-state index contributed by atoms with van der Waals surface area (Å²) in [5.74, 6) is -0.350. The molecule has 23 heavy (non-hydrogen) atoms. The number of benzene rings is 2. The molecule has 0 aliphatic rings. The summed E-state index contributed by atoms with van der Waals surface area (Å²) >= 11 is 4.43. The van der Waals surface area contributed by atoms with Gasteiger partial charge >= 0.3 is 0 Å². The van der Waals surface area contributed by atoms with E-state index in [0.29, 0.717) is 25.7 Å². The number of hydrogen-bond donors (Lipinski definition) is 2. The van der Waals surface area contributed by atoms with Crippen LogP contribution in [0.1, 0.15) is 15.2 Å². The summed E-state index contributed by atoms with van der Waals surface area (Å²) in [4.78, 5) is 17.0. The average Bonchev–Trinajstić information content (AvgIpc) is 2.91. The van der Waals surface area contributed by atoms with Gasteiger partial charge in [0, 0.05) is 10.0 Å². The van der Waals surface area contributed by atoms with E-state index < -0.39 is 0 Å². The Bertz CT molecular complexity index is 867. The van der Waals surface area contributed by atoms with Crippen LogP contribution in [0.25, 0.3) is 0 Å². The van der Waals surface area contributed by atoms with Crippen molar-refractivity contribution in [3.05, 3.63) is 69.3 Å². The Kier molecular flexibility index (Phi) is 4.40. The van der Waals surface area contributed by atoms with Gasteiger partial charge in [0.1, 0.15) is 16.5 Å². The van der Waals surface area contributed by atoms with Crippen LogP contribution in [0, 0.1) is 5.82 Å². The molecule has 1 heterocycles. The van der Waals surface area contributed by atoms with E-state index in [2.05, 4.69) is 26.2 Å². The van der Waals surface area contributed by atoms with E-state index >= 15 is 0 Å². The standard InChI is InChI=1S/C16H11BrFN3OS/c17-11-8-10(18)6-7-12(11)20-16-21-15(19)14(23-16)13(22)9-4-2-1-3-5-9/h1-8H,19H2,(H,20,21). The van der Waals surface area contributed by atoms with E-state index in [1.807, 2.05) is 6.07 Å². The van der Waals surface area contributed by atoms with Crippen LogP contribution in [0.2, 0.25) is 0 Å². The minimum absolute atomic E-state index is 0.171. The monoisotopic (exact) mass is 391 g/mol. The molecule has 3 aromatic rings. The van der Waals surface area contributed by atoms with E-state index in [0.717, 1.165) is 11.3 Å². The Balaban J connectivity index is 1.88. The summed E-state index contributed by atoms with van der Waals surface area (Å²) in [6.45, 7) is 0. The first-order valence-corrected chi connectivity index (χ1v) is 8.23. The molecule has 2 aromatic carbocycles. The van der Waals surface area contributed by atoms with Crippen LogP contribution in [0.15, 0.2) is 53.0 Å². The van der Waals surface area contributed by atoms with Gasteiger partial charge in [-0.1, -0.05) is 41.7 Å². The van der Waals surface area contributed by atoms with Crippen LogP contribution in [0.3, 0.4) is 0 Å². The number of ketones is 1. The van der Waals surface area contributed by atoms with Gasteiger partial charge in [-0.2, -0.15) is 0 Å². The third-order valence-electron chi connectivity index (χ3n) is 3.07. The lowest BCUT2D eigenvalue weighted by Gasteiger charge is -2.04. The molecular formula is C16H11BrFN3OS. The highest BCUT2D eigenvalue weighted by atomic mass is 79.9. The van der Waals surface area contributed by atoms with Crippen LogP contribution in [0.5, 0.6) is 0 Å². The predicted molar refractivity (Wildman–Crippen MR) is 93.8 cm³/mol. The summed E-state index contributed by atoms with van der Waals surface area (Å²) in [6, 6.07) is 13.1. The van der Waals surface area contributed by atoms with Gasteiger partial charge in [-0.15, -0.1) is 0 Å². The molecule has 0 amide bonds. The van der Waals surface area contributed by atoms with Crippen molar-refractivity contribution in [1.29, 1.82) is 0 Å². The molecule has 1 aromatic heterocycles. The number of aromatic nitrogens is 1. The molecular weight excluding hydrogens is 381 g/mol. The van der Waals surface area contributed by atoms with E-state index in [1.54, 1.807) is 30.3 Å². The Morgan fingerprint density at radius 2 is 1.96 bits per heavy atom. The number of nitrogens with zero attached hydrogens (tertiary/aromatic N) is 1. The van der Waals surface area contributed by atoms with Crippen molar-refractivity contribution in [3.8, 4) is 0 Å². The molecule has 3 N–H and O–H groups in total. The smallest absolute Gasteiger partial charge is 0.206 e. The van der Waals surface area contributed by atoms with Crippen molar-refractivity contribution >= 4 is 49.7 Å². The topological polar surface area (TPSA) is 68.0 Å². The molecule has 0 fully saturated rings. The summed E-state index contributed by atoms with van der Waals surface area (Å²) < 4.78 is 13.7. The van der Waals surface area contributed by atoms with Gasteiger partial charge in [-0.25, -0.2) is 9.37 Å². The van der Waals surface area contributed by atoms with Crippen molar-refractivity contribution in [2.45, 2.75) is 0 Å². The first kappa shape index (κ1) is 15.6. The zero-order valence-corrected chi connectivity index (χ0v) is 14.1. The maximum Gasteiger partial charge on any atom is 0.206 e. The second-order valence-corrected chi connectivity index (χ2v) is 6.53. The largest absolute Gasteiger partial charge is 0.382 e. The first-order chi connectivity index (χ1) is 11.0. The summed E-state index contributed by atoms with van der Waals surface area (Å²) in [6.07, 6.45) is 0. The van der Waals surface area contributed by atoms with Gasteiger partial charge in [0.05, 0.1) is 5.69 Å². The Morgan fingerprint density at radius 1 is 1.22 bits per heavy atom. The minimum Gasteiger partial charge on any atom is -0.382 e. The normalized spacial score (nSPS) is 10.5. The van der Waals surface area contributed by atoms with Crippen LogP contribution in [0.4, 0.5) is 21.0 Å². The maximum absolute atomic E-state index is 13.1.